The van der Waals surface area contributed by atoms with Crippen LogP contribution in [0.3, 0.4) is 0 Å². The third kappa shape index (κ3) is 15.5. The van der Waals surface area contributed by atoms with Gasteiger partial charge in [0.05, 0.1) is 58.3 Å². The van der Waals surface area contributed by atoms with Crippen LogP contribution in [-0.4, -0.2) is 176 Å². The molecule has 2 heterocycles. The van der Waals surface area contributed by atoms with Gasteiger partial charge in [0.2, 0.25) is 17.7 Å². The Labute approximate surface area is 573 Å². The lowest BCUT2D eigenvalue weighted by molar-refractivity contribution is -0.183. The van der Waals surface area contributed by atoms with Crippen molar-refractivity contribution in [3.8, 4) is 33.8 Å². The van der Waals surface area contributed by atoms with Gasteiger partial charge in [0.25, 0.3) is 5.91 Å². The highest BCUT2D eigenvalue weighted by molar-refractivity contribution is 5.99. The van der Waals surface area contributed by atoms with Gasteiger partial charge in [-0.25, -0.2) is 4.79 Å². The standard InChI is InChI=1S/C40H59N5O7.C34H47N3O7.CH4/c1-21(2)13-32(37(41)48)43-38(49)26-14-25(15-28(16-26)44(7)8)29-12-10-11-24(36(29)51-9)19-45-35(34(23(4)47)33(20-46)52-45)39(50)42-31-18-27-17-30(22(31)3)40(27,5)6;1-18-26-14-23(34(26,3)4)15-27(18)35-32(40)30-29(19(2)39)28(17-38)44-37(30)16-20-9-8-10-25(31(20)43-7)21-11-22(33(41)42)13-24(12-21)36(5)6;/h10-12,14-16,21-23,27,30-35,46-47H,13,17-20H2,1-9H3,(H2,41,48)(H,42,50)(H,43,49);8-13,18-19,23,26-30,38-39H,14-17H2,1-7H3,(H,35,40)(H,41,42);1H4/t22-,23-,27+,30-,31-,32-,33-,34+,35-;18-,19-,23+,26-,27-,28-,29+,30-;/m00./s1. The molecule has 8 fully saturated rings. The molecule has 4 amide bonds. The Balaban J connectivity index is 0.000000248. The summed E-state index contributed by atoms with van der Waals surface area (Å²) in [7, 11) is 10.6. The van der Waals surface area contributed by atoms with E-state index in [0.29, 0.717) is 92.4 Å². The number of primary amides is 1. The first kappa shape index (κ1) is 75.9. The minimum atomic E-state index is -1.03. The van der Waals surface area contributed by atoms with E-state index in [-0.39, 0.29) is 79.9 Å². The Hall–Kier alpha value is -6.89. The fraction of sp³-hybridized carbons (Fsp3) is 0.613. The normalized spacial score (nSPS) is 28.4. The van der Waals surface area contributed by atoms with Gasteiger partial charge in [-0.3, -0.25) is 28.9 Å². The molecule has 17 atom stereocenters. The van der Waals surface area contributed by atoms with Crippen molar-refractivity contribution in [1.29, 1.82) is 0 Å². The van der Waals surface area contributed by atoms with Gasteiger partial charge in [-0.15, -0.1) is 0 Å². The maximum absolute atomic E-state index is 14.2. The maximum Gasteiger partial charge on any atom is 0.335 e. The molecule has 0 unspecified atom stereocenters. The van der Waals surface area contributed by atoms with Gasteiger partial charge in [0.1, 0.15) is 41.8 Å². The van der Waals surface area contributed by atoms with E-state index >= 15 is 0 Å². The molecule has 4 aromatic rings. The molecular weight excluding hydrogens is 1240 g/mol. The summed E-state index contributed by atoms with van der Waals surface area (Å²) in [4.78, 5) is 82.0. The molecule has 0 spiro atoms. The van der Waals surface area contributed by atoms with Gasteiger partial charge in [-0.1, -0.05) is 99.2 Å². The second-order valence-corrected chi connectivity index (χ2v) is 30.2. The number of nitrogens with zero attached hydrogens (tertiary/aromatic N) is 4. The molecule has 6 aliphatic carbocycles. The van der Waals surface area contributed by atoms with Gasteiger partial charge in [-0.05, 0) is 146 Å². The summed E-state index contributed by atoms with van der Waals surface area (Å²) in [5.74, 6) is 0.265. The highest BCUT2D eigenvalue weighted by Crippen LogP contribution is 2.62. The Morgan fingerprint density at radius 3 is 1.37 bits per heavy atom. The summed E-state index contributed by atoms with van der Waals surface area (Å²) >= 11 is 0. The number of carbonyl (C=O) groups is 5. The van der Waals surface area contributed by atoms with Gasteiger partial charge >= 0.3 is 5.97 Å². The lowest BCUT2D eigenvalue weighted by Crippen LogP contribution is -2.62. The minimum Gasteiger partial charge on any atom is -0.496 e. The zero-order valence-corrected chi connectivity index (χ0v) is 59.0. The molecule has 4 aromatic carbocycles. The minimum absolute atomic E-state index is 0. The molecule has 2 aliphatic heterocycles. The zero-order chi connectivity index (χ0) is 70.3. The third-order valence-corrected chi connectivity index (χ3v) is 22.7. The first-order valence-electron chi connectivity index (χ1n) is 34.1. The average molecular weight is 1350 g/mol. The zero-order valence-electron chi connectivity index (χ0n) is 59.0. The van der Waals surface area contributed by atoms with E-state index in [1.807, 2.05) is 100 Å². The molecule has 534 valence electrons. The van der Waals surface area contributed by atoms with Crippen LogP contribution in [0.5, 0.6) is 11.5 Å². The highest BCUT2D eigenvalue weighted by Gasteiger charge is 2.59. The number of para-hydroxylation sites is 2. The fourth-order valence-electron chi connectivity index (χ4n) is 16.9. The molecule has 12 rings (SSSR count). The van der Waals surface area contributed by atoms with Gasteiger partial charge in [-0.2, -0.15) is 10.1 Å². The predicted octanol–water partition coefficient (Wildman–Crippen LogP) is 8.14. The topological polar surface area (TPSA) is 298 Å². The fourth-order valence-corrected chi connectivity index (χ4v) is 16.9. The van der Waals surface area contributed by atoms with Crippen molar-refractivity contribution in [2.45, 2.75) is 176 Å². The number of carboxylic acids is 1. The first-order chi connectivity index (χ1) is 45.2. The number of carbonyl (C=O) groups excluding carboxylic acids is 4. The number of anilines is 2. The Morgan fingerprint density at radius 1 is 0.639 bits per heavy atom. The lowest BCUT2D eigenvalue weighted by Gasteiger charge is -2.62. The van der Waals surface area contributed by atoms with Crippen molar-refractivity contribution in [3.05, 3.63) is 95.1 Å². The molecule has 0 aromatic heterocycles. The summed E-state index contributed by atoms with van der Waals surface area (Å²) in [6, 6.07) is 19.4. The van der Waals surface area contributed by atoms with Gasteiger partial charge < -0.3 is 66.5 Å². The van der Waals surface area contributed by atoms with Crippen LogP contribution in [0, 0.1) is 64.1 Å². The highest BCUT2D eigenvalue weighted by atomic mass is 16.7. The van der Waals surface area contributed by atoms with Crippen LogP contribution in [-0.2, 0) is 37.1 Å². The maximum atomic E-state index is 14.2. The monoisotopic (exact) mass is 1350 g/mol. The number of aliphatic hydroxyl groups is 4. The number of hydrogen-bond acceptors (Lipinski definition) is 17. The second kappa shape index (κ2) is 30.7. The van der Waals surface area contributed by atoms with Crippen LogP contribution in [0.15, 0.2) is 72.8 Å². The van der Waals surface area contributed by atoms with E-state index in [2.05, 4.69) is 57.5 Å². The summed E-state index contributed by atoms with van der Waals surface area (Å²) in [5.41, 5.74) is 12.4. The molecule has 4 bridgehead atoms. The molecule has 6 saturated carbocycles. The number of aliphatic hydroxyl groups excluding tert-OH is 4. The number of nitrogens with two attached hydrogens (primary N) is 1. The van der Waals surface area contributed by atoms with Gasteiger partial charge in [0, 0.05) is 91.3 Å². The van der Waals surface area contributed by atoms with Crippen molar-refractivity contribution in [2.75, 3.05) is 65.4 Å². The molecule has 0 radical (unpaired) electrons. The average Bonchev–Trinajstić information content (AvgIpc) is 1.22. The van der Waals surface area contributed by atoms with Crippen molar-refractivity contribution in [3.63, 3.8) is 0 Å². The predicted molar refractivity (Wildman–Crippen MR) is 374 cm³/mol. The van der Waals surface area contributed by atoms with E-state index in [1.54, 1.807) is 62.5 Å². The summed E-state index contributed by atoms with van der Waals surface area (Å²) in [5, 5.41) is 64.5. The molecule has 10 N–H and O–H groups in total. The molecule has 22 heteroatoms. The molecule has 2 saturated heterocycles. The number of ether oxygens (including phenoxy) is 2. The van der Waals surface area contributed by atoms with Crippen LogP contribution in [0.25, 0.3) is 22.3 Å². The smallest absolute Gasteiger partial charge is 0.335 e. The number of rotatable bonds is 24. The van der Waals surface area contributed by atoms with Crippen molar-refractivity contribution < 1.29 is 68.7 Å². The number of amides is 4. The Kier molecular flexibility index (Phi) is 24.0. The third-order valence-electron chi connectivity index (χ3n) is 22.7. The number of carboxylic acid groups (broad SMARTS) is 1. The summed E-state index contributed by atoms with van der Waals surface area (Å²) in [6.45, 7) is 20.5. The first-order valence-corrected chi connectivity index (χ1v) is 34.1. The summed E-state index contributed by atoms with van der Waals surface area (Å²) in [6.07, 6.45) is 1.28. The number of hydrogen-bond donors (Lipinski definition) is 9. The van der Waals surface area contributed by atoms with Crippen LogP contribution >= 0.6 is 0 Å². The quantitative estimate of drug-likeness (QED) is 0.0320. The van der Waals surface area contributed by atoms with Crippen LogP contribution in [0.1, 0.15) is 141 Å². The van der Waals surface area contributed by atoms with Crippen molar-refractivity contribution >= 4 is 41.0 Å². The summed E-state index contributed by atoms with van der Waals surface area (Å²) < 4.78 is 11.9. The molecular formula is C75H110N8O14. The number of benzene rings is 4. The van der Waals surface area contributed by atoms with E-state index in [0.717, 1.165) is 24.2 Å². The molecule has 22 nitrogen and oxygen atoms in total. The number of aromatic carboxylic acids is 1. The molecule has 97 heavy (non-hydrogen) atoms. The van der Waals surface area contributed by atoms with Crippen LogP contribution in [0.2, 0.25) is 0 Å². The number of fused-ring (bicyclic) bond motifs is 4. The van der Waals surface area contributed by atoms with Crippen LogP contribution < -0.4 is 41.0 Å². The molecule has 8 aliphatic rings. The van der Waals surface area contributed by atoms with Crippen molar-refractivity contribution in [2.24, 2.45) is 69.8 Å². The van der Waals surface area contributed by atoms with E-state index in [1.165, 1.54) is 12.8 Å². The van der Waals surface area contributed by atoms with E-state index in [9.17, 15) is 49.5 Å². The SMILES string of the molecule is C.COc1c(CN2O[C@@H](CO)[C@@H]([C@H](C)O)[C@H]2C(=O)N[C@H]2C[C@H]3C[C@@H]([C@@H]2C)C3(C)C)cccc1-c1cc(C(=O)N[C@@H](CC(C)C)C(N)=O)cc(N(C)C)c1.COc1c(CN2O[C@@H](CO)[C@@H]([C@H](C)O)[C@H]2C(=O)N[C@H]2C[C@H]3C[C@@H]([C@@H]2C)C3(C)C)cccc1-c1cc(C(=O)O)cc(N(C)C)c1. The van der Waals surface area contributed by atoms with Gasteiger partial charge in [0.15, 0.2) is 0 Å². The number of methoxy groups -OCH3 is 2. The Morgan fingerprint density at radius 2 is 1.04 bits per heavy atom. The van der Waals surface area contributed by atoms with E-state index < -0.39 is 72.2 Å². The van der Waals surface area contributed by atoms with Crippen molar-refractivity contribution in [1.82, 2.24) is 26.1 Å². The second-order valence-electron chi connectivity index (χ2n) is 30.2. The number of nitrogens with one attached hydrogen (secondary N) is 3. The van der Waals surface area contributed by atoms with Crippen LogP contribution in [0.4, 0.5) is 11.4 Å². The largest absolute Gasteiger partial charge is 0.496 e. The van der Waals surface area contributed by atoms with E-state index in [4.69, 9.17) is 24.9 Å². The Bertz CT molecular complexity index is 3470. The lowest BCUT2D eigenvalue weighted by atomic mass is 9.45. The number of hydroxylamine groups is 4.